The van der Waals surface area contributed by atoms with Gasteiger partial charge in [0.1, 0.15) is 0 Å². The van der Waals surface area contributed by atoms with Gasteiger partial charge in [-0.25, -0.2) is 0 Å². The summed E-state index contributed by atoms with van der Waals surface area (Å²) in [6.45, 7) is 3.16. The average molecular weight is 180 g/mol. The summed E-state index contributed by atoms with van der Waals surface area (Å²) in [7, 11) is 0. The molecule has 1 saturated carbocycles. The Morgan fingerprint density at radius 2 is 2.00 bits per heavy atom. The maximum atomic E-state index is 8.39. The van der Waals surface area contributed by atoms with Crippen molar-refractivity contribution in [1.29, 1.82) is 5.26 Å². The molecule has 1 fully saturated rings. The first-order valence-electron chi connectivity index (χ1n) is 5.47. The van der Waals surface area contributed by atoms with Gasteiger partial charge < -0.3 is 5.32 Å². The molecule has 0 aromatic rings. The van der Waals surface area contributed by atoms with E-state index in [9.17, 15) is 0 Å². The van der Waals surface area contributed by atoms with E-state index in [0.717, 1.165) is 12.5 Å². The maximum Gasteiger partial charge on any atom is 0.0635 e. The highest BCUT2D eigenvalue weighted by atomic mass is 14.9. The fraction of sp³-hybridized carbons (Fsp3) is 0.909. The highest BCUT2D eigenvalue weighted by Crippen LogP contribution is 2.26. The fourth-order valence-corrected chi connectivity index (χ4v) is 2.11. The van der Waals surface area contributed by atoms with Crippen LogP contribution in [0.4, 0.5) is 0 Å². The molecule has 0 bridgehead atoms. The first-order valence-corrected chi connectivity index (χ1v) is 5.47. The predicted octanol–water partition coefficient (Wildman–Crippen LogP) is 2.46. The normalized spacial score (nSPS) is 28.3. The molecule has 0 saturated heterocycles. The Hall–Kier alpha value is -0.550. The van der Waals surface area contributed by atoms with Gasteiger partial charge in [0.15, 0.2) is 0 Å². The van der Waals surface area contributed by atoms with Gasteiger partial charge in [0.2, 0.25) is 0 Å². The molecule has 0 aromatic heterocycles. The second-order valence-corrected chi connectivity index (χ2v) is 3.99. The standard InChI is InChI=1S/C11H20N2/c1-2-10-4-6-11(7-5-10)13-9-3-8-12/h10-11,13H,2-7,9H2,1H3. The monoisotopic (exact) mass is 180 g/mol. The van der Waals surface area contributed by atoms with Crippen LogP contribution in [-0.4, -0.2) is 12.6 Å². The van der Waals surface area contributed by atoms with Gasteiger partial charge in [-0.15, -0.1) is 0 Å². The zero-order chi connectivity index (χ0) is 9.52. The van der Waals surface area contributed by atoms with Crippen LogP contribution >= 0.6 is 0 Å². The first kappa shape index (κ1) is 10.5. The van der Waals surface area contributed by atoms with E-state index in [1.54, 1.807) is 0 Å². The number of nitrogens with zero attached hydrogens (tertiary/aromatic N) is 1. The number of hydrogen-bond acceptors (Lipinski definition) is 2. The third kappa shape index (κ3) is 3.78. The van der Waals surface area contributed by atoms with Crippen molar-refractivity contribution in [1.82, 2.24) is 5.32 Å². The van der Waals surface area contributed by atoms with E-state index in [-0.39, 0.29) is 0 Å². The summed E-state index contributed by atoms with van der Waals surface area (Å²) < 4.78 is 0. The van der Waals surface area contributed by atoms with E-state index in [0.29, 0.717) is 12.5 Å². The lowest BCUT2D eigenvalue weighted by atomic mass is 9.84. The molecular weight excluding hydrogens is 160 g/mol. The van der Waals surface area contributed by atoms with Gasteiger partial charge in [-0.1, -0.05) is 13.3 Å². The summed E-state index contributed by atoms with van der Waals surface area (Å²) in [5.41, 5.74) is 0. The molecule has 1 rings (SSSR count). The van der Waals surface area contributed by atoms with Crippen LogP contribution in [0.5, 0.6) is 0 Å². The van der Waals surface area contributed by atoms with Gasteiger partial charge >= 0.3 is 0 Å². The van der Waals surface area contributed by atoms with Crippen LogP contribution < -0.4 is 5.32 Å². The van der Waals surface area contributed by atoms with Crippen LogP contribution in [-0.2, 0) is 0 Å². The smallest absolute Gasteiger partial charge is 0.0635 e. The minimum Gasteiger partial charge on any atom is -0.313 e. The quantitative estimate of drug-likeness (QED) is 0.675. The van der Waals surface area contributed by atoms with Crippen LogP contribution in [0.1, 0.15) is 45.4 Å². The van der Waals surface area contributed by atoms with E-state index in [2.05, 4.69) is 18.3 Å². The molecule has 13 heavy (non-hydrogen) atoms. The largest absolute Gasteiger partial charge is 0.313 e. The van der Waals surface area contributed by atoms with Crippen molar-refractivity contribution in [2.24, 2.45) is 5.92 Å². The summed E-state index contributed by atoms with van der Waals surface area (Å²) in [6.07, 6.45) is 7.36. The molecule has 0 atom stereocenters. The average Bonchev–Trinajstić information content (AvgIpc) is 2.19. The molecular formula is C11H20N2. The van der Waals surface area contributed by atoms with E-state index in [1.807, 2.05) is 0 Å². The highest BCUT2D eigenvalue weighted by molar-refractivity contribution is 4.78. The summed E-state index contributed by atoms with van der Waals surface area (Å²) in [6, 6.07) is 2.86. The van der Waals surface area contributed by atoms with Gasteiger partial charge in [-0.2, -0.15) is 5.26 Å². The topological polar surface area (TPSA) is 35.8 Å². The van der Waals surface area contributed by atoms with E-state index in [1.165, 1.54) is 32.1 Å². The number of nitriles is 1. The molecule has 1 aliphatic rings. The third-order valence-electron chi connectivity index (χ3n) is 3.09. The molecule has 0 heterocycles. The Labute approximate surface area is 81.3 Å². The Morgan fingerprint density at radius 3 is 2.54 bits per heavy atom. The Kier molecular flexibility index (Phi) is 4.85. The summed E-state index contributed by atoms with van der Waals surface area (Å²) in [5, 5.41) is 11.8. The molecule has 0 aromatic carbocycles. The molecule has 1 N–H and O–H groups in total. The molecule has 2 heteroatoms. The van der Waals surface area contributed by atoms with Crippen LogP contribution in [0.15, 0.2) is 0 Å². The molecule has 2 nitrogen and oxygen atoms in total. The first-order chi connectivity index (χ1) is 6.36. The molecule has 0 spiro atoms. The van der Waals surface area contributed by atoms with Gasteiger partial charge in [0.05, 0.1) is 6.07 Å². The van der Waals surface area contributed by atoms with Crippen molar-refractivity contribution in [3.63, 3.8) is 0 Å². The SMILES string of the molecule is CCC1CCC(NCCC#N)CC1. The summed E-state index contributed by atoms with van der Waals surface area (Å²) in [4.78, 5) is 0. The van der Waals surface area contributed by atoms with Crippen molar-refractivity contribution in [2.75, 3.05) is 6.54 Å². The number of nitrogens with one attached hydrogen (secondary N) is 1. The van der Waals surface area contributed by atoms with Crippen molar-refractivity contribution in [3.05, 3.63) is 0 Å². The zero-order valence-electron chi connectivity index (χ0n) is 8.55. The summed E-state index contributed by atoms with van der Waals surface area (Å²) in [5.74, 6) is 0.967. The third-order valence-corrected chi connectivity index (χ3v) is 3.09. The number of rotatable bonds is 4. The van der Waals surface area contributed by atoms with Crippen LogP contribution in [0.25, 0.3) is 0 Å². The van der Waals surface area contributed by atoms with Gasteiger partial charge in [-0.05, 0) is 31.6 Å². The fourth-order valence-electron chi connectivity index (χ4n) is 2.11. The van der Waals surface area contributed by atoms with Gasteiger partial charge in [0.25, 0.3) is 0 Å². The number of hydrogen-bond donors (Lipinski definition) is 1. The van der Waals surface area contributed by atoms with E-state index in [4.69, 9.17) is 5.26 Å². The van der Waals surface area contributed by atoms with Gasteiger partial charge in [0, 0.05) is 19.0 Å². The van der Waals surface area contributed by atoms with Crippen LogP contribution in [0.2, 0.25) is 0 Å². The minimum absolute atomic E-state index is 0.647. The Balaban J connectivity index is 2.07. The molecule has 0 amide bonds. The lowest BCUT2D eigenvalue weighted by Gasteiger charge is -2.28. The molecule has 0 aliphatic heterocycles. The zero-order valence-corrected chi connectivity index (χ0v) is 8.55. The lowest BCUT2D eigenvalue weighted by Crippen LogP contribution is -2.33. The molecule has 74 valence electrons. The molecule has 0 radical (unpaired) electrons. The van der Waals surface area contributed by atoms with Crippen molar-refractivity contribution >= 4 is 0 Å². The highest BCUT2D eigenvalue weighted by Gasteiger charge is 2.18. The van der Waals surface area contributed by atoms with Crippen LogP contribution in [0.3, 0.4) is 0 Å². The second kappa shape index (κ2) is 5.99. The van der Waals surface area contributed by atoms with Crippen LogP contribution in [0, 0.1) is 17.2 Å². The van der Waals surface area contributed by atoms with E-state index < -0.39 is 0 Å². The minimum atomic E-state index is 0.647. The van der Waals surface area contributed by atoms with Crippen molar-refractivity contribution in [2.45, 2.75) is 51.5 Å². The van der Waals surface area contributed by atoms with E-state index >= 15 is 0 Å². The second-order valence-electron chi connectivity index (χ2n) is 3.99. The van der Waals surface area contributed by atoms with Crippen molar-refractivity contribution in [3.8, 4) is 6.07 Å². The van der Waals surface area contributed by atoms with Gasteiger partial charge in [-0.3, -0.25) is 0 Å². The lowest BCUT2D eigenvalue weighted by molar-refractivity contribution is 0.288. The Bertz CT molecular complexity index is 163. The molecule has 1 aliphatic carbocycles. The molecule has 0 unspecified atom stereocenters. The predicted molar refractivity (Wildman–Crippen MR) is 54.3 cm³/mol. The Morgan fingerprint density at radius 1 is 1.31 bits per heavy atom. The summed E-state index contributed by atoms with van der Waals surface area (Å²) >= 11 is 0. The van der Waals surface area contributed by atoms with Crippen molar-refractivity contribution < 1.29 is 0 Å². The maximum absolute atomic E-state index is 8.39.